The van der Waals surface area contributed by atoms with E-state index < -0.39 is 17.2 Å². The largest absolute Gasteiger partial charge is 0.504 e. The van der Waals surface area contributed by atoms with Crippen LogP contribution in [0, 0.1) is 5.82 Å². The van der Waals surface area contributed by atoms with Crippen LogP contribution in [0.5, 0.6) is 11.5 Å². The third-order valence-electron chi connectivity index (χ3n) is 3.23. The molecule has 1 aliphatic carbocycles. The first kappa shape index (κ1) is 13.1. The Balaban J connectivity index is 2.59. The SMILES string of the molecule is COc1c(O)cc(Br)c(F)c1C1(CC(=O)O)CC1. The van der Waals surface area contributed by atoms with E-state index in [1.54, 1.807) is 0 Å². The molecule has 0 radical (unpaired) electrons. The molecular weight excluding hydrogens is 307 g/mol. The lowest BCUT2D eigenvalue weighted by atomic mass is 9.90. The Morgan fingerprint density at radius 2 is 2.22 bits per heavy atom. The van der Waals surface area contributed by atoms with Crippen LogP contribution in [-0.4, -0.2) is 23.3 Å². The molecule has 0 atom stereocenters. The van der Waals surface area contributed by atoms with Gasteiger partial charge in [0, 0.05) is 17.0 Å². The molecule has 4 nitrogen and oxygen atoms in total. The van der Waals surface area contributed by atoms with Crippen molar-refractivity contribution >= 4 is 21.9 Å². The van der Waals surface area contributed by atoms with E-state index in [9.17, 15) is 14.3 Å². The lowest BCUT2D eigenvalue weighted by Crippen LogP contribution is -2.16. The van der Waals surface area contributed by atoms with Crippen molar-refractivity contribution in [1.82, 2.24) is 0 Å². The van der Waals surface area contributed by atoms with Crippen molar-refractivity contribution in [3.8, 4) is 11.5 Å². The van der Waals surface area contributed by atoms with Gasteiger partial charge in [-0.25, -0.2) is 4.39 Å². The molecule has 1 fully saturated rings. The number of benzene rings is 1. The molecule has 0 spiro atoms. The lowest BCUT2D eigenvalue weighted by molar-refractivity contribution is -0.137. The van der Waals surface area contributed by atoms with Gasteiger partial charge in [0.15, 0.2) is 11.5 Å². The summed E-state index contributed by atoms with van der Waals surface area (Å²) in [6.07, 6.45) is 0.973. The maximum Gasteiger partial charge on any atom is 0.304 e. The molecule has 18 heavy (non-hydrogen) atoms. The second kappa shape index (κ2) is 4.42. The molecule has 0 amide bonds. The number of phenols is 1. The average Bonchev–Trinajstić information content (AvgIpc) is 3.02. The standard InChI is InChI=1S/C12H12BrFO4/c1-18-11-7(15)4-6(13)10(14)9(11)12(2-3-12)5-8(16)17/h4,15H,2-3,5H2,1H3,(H,16,17). The molecule has 6 heteroatoms. The highest BCUT2D eigenvalue weighted by Crippen LogP contribution is 2.57. The molecule has 0 aliphatic heterocycles. The zero-order valence-corrected chi connectivity index (χ0v) is 11.3. The highest BCUT2D eigenvalue weighted by Gasteiger charge is 2.50. The van der Waals surface area contributed by atoms with Gasteiger partial charge in [-0.2, -0.15) is 0 Å². The number of aliphatic carboxylic acids is 1. The normalized spacial score (nSPS) is 16.4. The number of carboxylic acids is 1. The van der Waals surface area contributed by atoms with Crippen molar-refractivity contribution in [3.05, 3.63) is 21.9 Å². The Kier molecular flexibility index (Phi) is 3.23. The third-order valence-corrected chi connectivity index (χ3v) is 3.81. The molecule has 0 aromatic heterocycles. The number of carbonyl (C=O) groups is 1. The summed E-state index contributed by atoms with van der Waals surface area (Å²) < 4.78 is 19.3. The first-order valence-electron chi connectivity index (χ1n) is 5.38. The van der Waals surface area contributed by atoms with Gasteiger partial charge in [-0.15, -0.1) is 0 Å². The number of rotatable bonds is 4. The molecule has 0 unspecified atom stereocenters. The molecule has 2 rings (SSSR count). The van der Waals surface area contributed by atoms with Gasteiger partial charge in [-0.1, -0.05) is 0 Å². The molecule has 0 saturated heterocycles. The van der Waals surface area contributed by atoms with Crippen molar-refractivity contribution in [1.29, 1.82) is 0 Å². The molecule has 1 aromatic carbocycles. The van der Waals surface area contributed by atoms with Gasteiger partial charge in [0.2, 0.25) is 0 Å². The summed E-state index contributed by atoms with van der Waals surface area (Å²) in [5.74, 6) is -1.73. The minimum Gasteiger partial charge on any atom is -0.504 e. The van der Waals surface area contributed by atoms with Crippen molar-refractivity contribution in [2.24, 2.45) is 0 Å². The Bertz CT molecular complexity index is 511. The molecule has 1 aromatic rings. The number of methoxy groups -OCH3 is 1. The van der Waals surface area contributed by atoms with Crippen LogP contribution in [0.4, 0.5) is 4.39 Å². The first-order valence-corrected chi connectivity index (χ1v) is 6.18. The molecule has 98 valence electrons. The van der Waals surface area contributed by atoms with Gasteiger partial charge < -0.3 is 14.9 Å². The number of halogens is 2. The van der Waals surface area contributed by atoms with E-state index >= 15 is 0 Å². The van der Waals surface area contributed by atoms with E-state index in [0.717, 1.165) is 0 Å². The summed E-state index contributed by atoms with van der Waals surface area (Å²) in [5.41, 5.74) is -0.609. The van der Waals surface area contributed by atoms with Crippen LogP contribution >= 0.6 is 15.9 Å². The summed E-state index contributed by atoms with van der Waals surface area (Å²) in [5, 5.41) is 18.7. The molecule has 1 saturated carbocycles. The van der Waals surface area contributed by atoms with Crippen LogP contribution in [0.3, 0.4) is 0 Å². The molecule has 2 N–H and O–H groups in total. The fourth-order valence-electron chi connectivity index (χ4n) is 2.23. The topological polar surface area (TPSA) is 66.8 Å². The average molecular weight is 319 g/mol. The van der Waals surface area contributed by atoms with E-state index in [1.165, 1.54) is 13.2 Å². The molecule has 1 aliphatic rings. The zero-order chi connectivity index (χ0) is 13.5. The summed E-state index contributed by atoms with van der Waals surface area (Å²) >= 11 is 3.01. The zero-order valence-electron chi connectivity index (χ0n) is 9.67. The van der Waals surface area contributed by atoms with Crippen LogP contribution in [0.15, 0.2) is 10.5 Å². The Hall–Kier alpha value is -1.30. The molecular formula is C12H12BrFO4. The number of ether oxygens (including phenoxy) is 1. The van der Waals surface area contributed by atoms with E-state index in [-0.39, 0.29) is 28.0 Å². The highest BCUT2D eigenvalue weighted by molar-refractivity contribution is 9.10. The Morgan fingerprint density at radius 1 is 1.61 bits per heavy atom. The van der Waals surface area contributed by atoms with E-state index in [0.29, 0.717) is 12.8 Å². The Labute approximate surface area is 112 Å². The quantitative estimate of drug-likeness (QED) is 0.895. The van der Waals surface area contributed by atoms with Crippen LogP contribution in [-0.2, 0) is 10.2 Å². The van der Waals surface area contributed by atoms with Crippen LogP contribution in [0.25, 0.3) is 0 Å². The van der Waals surface area contributed by atoms with Gasteiger partial charge in [0.05, 0.1) is 18.0 Å². The van der Waals surface area contributed by atoms with E-state index in [4.69, 9.17) is 9.84 Å². The number of aromatic hydroxyl groups is 1. The number of hydrogen-bond acceptors (Lipinski definition) is 3. The predicted octanol–water partition coefficient (Wildman–Crippen LogP) is 2.81. The van der Waals surface area contributed by atoms with Crippen molar-refractivity contribution in [3.63, 3.8) is 0 Å². The maximum absolute atomic E-state index is 14.2. The predicted molar refractivity (Wildman–Crippen MR) is 65.5 cm³/mol. The Morgan fingerprint density at radius 3 is 2.67 bits per heavy atom. The van der Waals surface area contributed by atoms with E-state index in [1.807, 2.05) is 0 Å². The number of hydrogen-bond donors (Lipinski definition) is 2. The van der Waals surface area contributed by atoms with Crippen LogP contribution in [0.1, 0.15) is 24.8 Å². The van der Waals surface area contributed by atoms with Crippen molar-refractivity contribution in [2.45, 2.75) is 24.7 Å². The third kappa shape index (κ3) is 2.05. The van der Waals surface area contributed by atoms with E-state index in [2.05, 4.69) is 15.9 Å². The fraction of sp³-hybridized carbons (Fsp3) is 0.417. The summed E-state index contributed by atoms with van der Waals surface area (Å²) in [6, 6.07) is 1.20. The summed E-state index contributed by atoms with van der Waals surface area (Å²) in [6.45, 7) is 0. The summed E-state index contributed by atoms with van der Waals surface area (Å²) in [4.78, 5) is 10.9. The number of carboxylic acid groups (broad SMARTS) is 1. The van der Waals surface area contributed by atoms with Gasteiger partial charge in [0.1, 0.15) is 5.82 Å². The number of phenolic OH excluding ortho intramolecular Hbond substituents is 1. The minimum absolute atomic E-state index is 0.0226. The minimum atomic E-state index is -0.992. The van der Waals surface area contributed by atoms with Crippen molar-refractivity contribution < 1.29 is 24.1 Å². The smallest absolute Gasteiger partial charge is 0.304 e. The second-order valence-corrected chi connectivity index (χ2v) is 5.30. The lowest BCUT2D eigenvalue weighted by Gasteiger charge is -2.19. The molecule has 0 bridgehead atoms. The van der Waals surface area contributed by atoms with Gasteiger partial charge in [-0.05, 0) is 28.8 Å². The molecule has 0 heterocycles. The summed E-state index contributed by atoms with van der Waals surface area (Å²) in [7, 11) is 1.32. The van der Waals surface area contributed by atoms with Gasteiger partial charge >= 0.3 is 5.97 Å². The first-order chi connectivity index (χ1) is 8.41. The van der Waals surface area contributed by atoms with Crippen molar-refractivity contribution in [2.75, 3.05) is 7.11 Å². The highest BCUT2D eigenvalue weighted by atomic mass is 79.9. The van der Waals surface area contributed by atoms with Gasteiger partial charge in [-0.3, -0.25) is 4.79 Å². The second-order valence-electron chi connectivity index (χ2n) is 4.45. The maximum atomic E-state index is 14.2. The monoisotopic (exact) mass is 318 g/mol. The van der Waals surface area contributed by atoms with Gasteiger partial charge in [0.25, 0.3) is 0 Å². The fourth-order valence-corrected chi connectivity index (χ4v) is 2.65. The van der Waals surface area contributed by atoms with Crippen LogP contribution < -0.4 is 4.74 Å². The van der Waals surface area contributed by atoms with Crippen LogP contribution in [0.2, 0.25) is 0 Å².